The molecule has 1 amide bonds. The number of aromatic nitrogens is 2. The van der Waals surface area contributed by atoms with Gasteiger partial charge in [0.05, 0.1) is 17.3 Å². The third-order valence-corrected chi connectivity index (χ3v) is 6.35. The van der Waals surface area contributed by atoms with Gasteiger partial charge in [0.15, 0.2) is 0 Å². The predicted octanol–water partition coefficient (Wildman–Crippen LogP) is 2.38. The summed E-state index contributed by atoms with van der Waals surface area (Å²) in [4.78, 5) is 28.8. The largest absolute Gasteiger partial charge is 0.480 e. The maximum absolute atomic E-state index is 12.7. The summed E-state index contributed by atoms with van der Waals surface area (Å²) < 4.78 is 25.3. The van der Waals surface area contributed by atoms with Crippen LogP contribution in [0.15, 0.2) is 53.8 Å². The maximum atomic E-state index is 12.7. The second kappa shape index (κ2) is 8.88. The second-order valence-corrected chi connectivity index (χ2v) is 9.70. The Balaban J connectivity index is 1.93. The van der Waals surface area contributed by atoms with Crippen LogP contribution in [0.3, 0.4) is 0 Å². The Kier molecular flexibility index (Phi) is 6.47. The summed E-state index contributed by atoms with van der Waals surface area (Å²) in [5.74, 6) is -1.04. The van der Waals surface area contributed by atoms with Crippen molar-refractivity contribution in [2.75, 3.05) is 12.0 Å². The van der Waals surface area contributed by atoms with E-state index in [4.69, 9.17) is 0 Å². The molecule has 158 valence electrons. The SMILES string of the molecule is CCSc1ncccc1C(=O)NC(Cc1cn(S(C)(=O)=O)c2ccccc12)C(=O)O. The molecule has 3 aromatic rings. The third kappa shape index (κ3) is 4.65. The van der Waals surface area contributed by atoms with Crippen LogP contribution >= 0.6 is 11.8 Å². The number of hydrogen-bond donors (Lipinski definition) is 2. The number of fused-ring (bicyclic) bond motifs is 1. The molecule has 1 atom stereocenters. The fourth-order valence-electron chi connectivity index (χ4n) is 3.13. The number of thioether (sulfide) groups is 1. The highest BCUT2D eigenvalue weighted by molar-refractivity contribution is 7.99. The average molecular weight is 448 g/mol. The smallest absolute Gasteiger partial charge is 0.326 e. The fraction of sp³-hybridized carbons (Fsp3) is 0.250. The molecule has 0 bridgehead atoms. The van der Waals surface area contributed by atoms with Crippen LogP contribution < -0.4 is 5.32 Å². The van der Waals surface area contributed by atoms with Crippen LogP contribution in [0.2, 0.25) is 0 Å². The van der Waals surface area contributed by atoms with E-state index < -0.39 is 27.9 Å². The molecule has 0 fully saturated rings. The molecule has 2 heterocycles. The van der Waals surface area contributed by atoms with Crippen LogP contribution in [-0.2, 0) is 21.2 Å². The van der Waals surface area contributed by atoms with Gasteiger partial charge in [-0.25, -0.2) is 22.2 Å². The van der Waals surface area contributed by atoms with Crippen LogP contribution in [0.1, 0.15) is 22.8 Å². The molecule has 2 aromatic heterocycles. The van der Waals surface area contributed by atoms with Gasteiger partial charge in [0.25, 0.3) is 5.91 Å². The van der Waals surface area contributed by atoms with Crippen LogP contribution in [0.25, 0.3) is 10.9 Å². The number of pyridine rings is 1. The van der Waals surface area contributed by atoms with E-state index >= 15 is 0 Å². The van der Waals surface area contributed by atoms with E-state index in [1.807, 2.05) is 6.92 Å². The molecule has 2 N–H and O–H groups in total. The lowest BCUT2D eigenvalue weighted by molar-refractivity contribution is -0.139. The van der Waals surface area contributed by atoms with E-state index in [1.165, 1.54) is 18.0 Å². The van der Waals surface area contributed by atoms with Gasteiger partial charge < -0.3 is 10.4 Å². The summed E-state index contributed by atoms with van der Waals surface area (Å²) in [6.07, 6.45) is 3.99. The highest BCUT2D eigenvalue weighted by atomic mass is 32.2. The molecule has 0 saturated heterocycles. The van der Waals surface area contributed by atoms with Gasteiger partial charge >= 0.3 is 5.97 Å². The summed E-state index contributed by atoms with van der Waals surface area (Å²) in [5.41, 5.74) is 1.27. The Morgan fingerprint density at radius 1 is 1.23 bits per heavy atom. The zero-order valence-electron chi connectivity index (χ0n) is 16.4. The van der Waals surface area contributed by atoms with E-state index in [0.29, 0.717) is 32.8 Å². The van der Waals surface area contributed by atoms with Gasteiger partial charge in [0, 0.05) is 24.2 Å². The molecule has 0 radical (unpaired) electrons. The third-order valence-electron chi connectivity index (χ3n) is 4.44. The number of carboxylic acid groups (broad SMARTS) is 1. The maximum Gasteiger partial charge on any atom is 0.326 e. The lowest BCUT2D eigenvalue weighted by atomic mass is 10.0. The molecule has 1 aromatic carbocycles. The number of carbonyl (C=O) groups is 2. The van der Waals surface area contributed by atoms with Gasteiger partial charge in [-0.3, -0.25) is 4.79 Å². The highest BCUT2D eigenvalue weighted by Crippen LogP contribution is 2.24. The van der Waals surface area contributed by atoms with Crippen molar-refractivity contribution in [2.24, 2.45) is 0 Å². The first-order valence-electron chi connectivity index (χ1n) is 9.13. The lowest BCUT2D eigenvalue weighted by Crippen LogP contribution is -2.42. The van der Waals surface area contributed by atoms with E-state index in [1.54, 1.807) is 42.6 Å². The van der Waals surface area contributed by atoms with E-state index in [0.717, 1.165) is 10.2 Å². The summed E-state index contributed by atoms with van der Waals surface area (Å²) in [6.45, 7) is 1.93. The predicted molar refractivity (Wildman–Crippen MR) is 115 cm³/mol. The standard InChI is InChI=1S/C20H21N3O5S2/c1-3-29-19-15(8-6-10-21-19)18(24)22-16(20(25)26)11-13-12-23(30(2,27)28)17-9-5-4-7-14(13)17/h4-10,12,16H,3,11H2,1-2H3,(H,22,24)(H,25,26). The van der Waals surface area contributed by atoms with Crippen LogP contribution in [-0.4, -0.2) is 52.4 Å². The molecule has 0 aliphatic carbocycles. The second-order valence-electron chi connectivity index (χ2n) is 6.59. The summed E-state index contributed by atoms with van der Waals surface area (Å²) >= 11 is 1.39. The summed E-state index contributed by atoms with van der Waals surface area (Å²) in [6, 6.07) is 8.80. The number of aliphatic carboxylic acids is 1. The molecule has 0 aliphatic heterocycles. The first kappa shape index (κ1) is 21.8. The zero-order valence-corrected chi connectivity index (χ0v) is 18.0. The summed E-state index contributed by atoms with van der Waals surface area (Å²) in [5, 5.41) is 13.4. The van der Waals surface area contributed by atoms with Gasteiger partial charge in [-0.1, -0.05) is 25.1 Å². The first-order valence-corrected chi connectivity index (χ1v) is 12.0. The molecule has 8 nitrogen and oxygen atoms in total. The molecule has 1 unspecified atom stereocenters. The van der Waals surface area contributed by atoms with Crippen molar-refractivity contribution >= 4 is 44.6 Å². The monoisotopic (exact) mass is 447 g/mol. The van der Waals surface area contributed by atoms with E-state index in [-0.39, 0.29) is 6.42 Å². The molecule has 0 aliphatic rings. The quantitative estimate of drug-likeness (QED) is 0.509. The normalized spacial score (nSPS) is 12.6. The number of rotatable bonds is 8. The fourth-order valence-corrected chi connectivity index (χ4v) is 4.69. The van der Waals surface area contributed by atoms with Gasteiger partial charge in [0.1, 0.15) is 11.1 Å². The number of nitrogens with zero attached hydrogens (tertiary/aromatic N) is 2. The Labute approximate surface area is 178 Å². The molecule has 30 heavy (non-hydrogen) atoms. The average Bonchev–Trinajstić information content (AvgIpc) is 3.07. The molecular weight excluding hydrogens is 426 g/mol. The Hall–Kier alpha value is -2.85. The number of benzene rings is 1. The van der Waals surface area contributed by atoms with Gasteiger partial charge in [0.2, 0.25) is 10.0 Å². The van der Waals surface area contributed by atoms with E-state index in [9.17, 15) is 23.1 Å². The Morgan fingerprint density at radius 3 is 2.63 bits per heavy atom. The number of carboxylic acids is 1. The van der Waals surface area contributed by atoms with Crippen molar-refractivity contribution in [3.8, 4) is 0 Å². The van der Waals surface area contributed by atoms with Gasteiger partial charge in [-0.15, -0.1) is 11.8 Å². The van der Waals surface area contributed by atoms with Crippen molar-refractivity contribution in [1.29, 1.82) is 0 Å². The molecule has 3 rings (SSSR count). The van der Waals surface area contributed by atoms with Crippen molar-refractivity contribution in [3.05, 3.63) is 59.9 Å². The zero-order chi connectivity index (χ0) is 21.9. The van der Waals surface area contributed by atoms with Gasteiger partial charge in [-0.2, -0.15) is 0 Å². The minimum Gasteiger partial charge on any atom is -0.480 e. The van der Waals surface area contributed by atoms with E-state index in [2.05, 4.69) is 10.3 Å². The number of hydrogen-bond acceptors (Lipinski definition) is 6. The molecule has 0 spiro atoms. The molecule has 0 saturated carbocycles. The number of carbonyl (C=O) groups excluding carboxylic acids is 1. The van der Waals surface area contributed by atoms with Crippen molar-refractivity contribution < 1.29 is 23.1 Å². The van der Waals surface area contributed by atoms with Crippen molar-refractivity contribution in [3.63, 3.8) is 0 Å². The van der Waals surface area contributed by atoms with Crippen LogP contribution in [0.5, 0.6) is 0 Å². The minimum absolute atomic E-state index is 0.0688. The lowest BCUT2D eigenvalue weighted by Gasteiger charge is -2.15. The number of nitrogens with one attached hydrogen (secondary N) is 1. The Bertz CT molecular complexity index is 1200. The highest BCUT2D eigenvalue weighted by Gasteiger charge is 2.25. The Morgan fingerprint density at radius 2 is 1.97 bits per heavy atom. The van der Waals surface area contributed by atoms with Crippen molar-refractivity contribution in [1.82, 2.24) is 14.3 Å². The van der Waals surface area contributed by atoms with Crippen LogP contribution in [0, 0.1) is 0 Å². The topological polar surface area (TPSA) is 118 Å². The van der Waals surface area contributed by atoms with Crippen LogP contribution in [0.4, 0.5) is 0 Å². The van der Waals surface area contributed by atoms with Gasteiger partial charge in [-0.05, 0) is 29.5 Å². The summed E-state index contributed by atoms with van der Waals surface area (Å²) in [7, 11) is -3.57. The number of para-hydroxylation sites is 1. The number of amides is 1. The molecular formula is C20H21N3O5S2. The van der Waals surface area contributed by atoms with Crippen molar-refractivity contribution in [2.45, 2.75) is 24.4 Å². The molecule has 10 heteroatoms. The minimum atomic E-state index is -3.57. The first-order chi connectivity index (χ1) is 14.2.